The van der Waals surface area contributed by atoms with Crippen molar-refractivity contribution in [2.45, 2.75) is 75.9 Å². The van der Waals surface area contributed by atoms with Gasteiger partial charge in [0.2, 0.25) is 5.91 Å². The van der Waals surface area contributed by atoms with Crippen molar-refractivity contribution in [2.75, 3.05) is 6.54 Å². The number of carbonyl (C=O) groups is 1. The third kappa shape index (κ3) is 4.18. The molecular formula is C15H28N2O2. The highest BCUT2D eigenvalue weighted by molar-refractivity contribution is 5.77. The van der Waals surface area contributed by atoms with Crippen molar-refractivity contribution in [3.8, 4) is 0 Å². The summed E-state index contributed by atoms with van der Waals surface area (Å²) in [6.45, 7) is 2.60. The molecule has 0 saturated heterocycles. The first-order valence-electron chi connectivity index (χ1n) is 7.69. The standard InChI is InChI=1S/C15H28N2O2/c1-12-4-8-15(19,9-5-12)11-17-13(18)10-14(16)6-2-3-7-14/h12,19H,2-11,16H2,1H3,(H,17,18). The number of aliphatic hydroxyl groups is 1. The van der Waals surface area contributed by atoms with Crippen LogP contribution in [-0.4, -0.2) is 28.7 Å². The summed E-state index contributed by atoms with van der Waals surface area (Å²) in [5, 5.41) is 13.3. The number of carbonyl (C=O) groups excluding carboxylic acids is 1. The van der Waals surface area contributed by atoms with Crippen molar-refractivity contribution in [1.82, 2.24) is 5.32 Å². The Kier molecular flexibility index (Phi) is 4.51. The Balaban J connectivity index is 1.74. The van der Waals surface area contributed by atoms with E-state index in [4.69, 9.17) is 5.73 Å². The van der Waals surface area contributed by atoms with Crippen molar-refractivity contribution in [3.05, 3.63) is 0 Å². The van der Waals surface area contributed by atoms with E-state index in [-0.39, 0.29) is 11.4 Å². The number of nitrogens with two attached hydrogens (primary N) is 1. The zero-order valence-corrected chi connectivity index (χ0v) is 12.1. The van der Waals surface area contributed by atoms with Crippen molar-refractivity contribution >= 4 is 5.91 Å². The first kappa shape index (κ1) is 14.8. The van der Waals surface area contributed by atoms with E-state index in [0.29, 0.717) is 18.9 Å². The number of hydrogen-bond acceptors (Lipinski definition) is 3. The average molecular weight is 268 g/mol. The lowest BCUT2D eigenvalue weighted by atomic mass is 9.79. The highest BCUT2D eigenvalue weighted by Gasteiger charge is 2.34. The van der Waals surface area contributed by atoms with Gasteiger partial charge < -0.3 is 16.2 Å². The molecule has 0 radical (unpaired) electrons. The molecule has 0 atom stereocenters. The molecule has 110 valence electrons. The maximum atomic E-state index is 12.0. The van der Waals surface area contributed by atoms with Crippen LogP contribution in [-0.2, 0) is 4.79 Å². The van der Waals surface area contributed by atoms with Gasteiger partial charge >= 0.3 is 0 Å². The van der Waals surface area contributed by atoms with E-state index in [1.54, 1.807) is 0 Å². The van der Waals surface area contributed by atoms with Crippen molar-refractivity contribution in [3.63, 3.8) is 0 Å². The summed E-state index contributed by atoms with van der Waals surface area (Å²) in [5.74, 6) is 0.693. The summed E-state index contributed by atoms with van der Waals surface area (Å²) in [6, 6.07) is 0. The van der Waals surface area contributed by atoms with Crippen LogP contribution in [0, 0.1) is 5.92 Å². The average Bonchev–Trinajstić information content (AvgIpc) is 2.78. The fourth-order valence-corrected chi connectivity index (χ4v) is 3.38. The van der Waals surface area contributed by atoms with Crippen LogP contribution in [0.5, 0.6) is 0 Å². The highest BCUT2D eigenvalue weighted by atomic mass is 16.3. The molecule has 0 heterocycles. The van der Waals surface area contributed by atoms with Crippen molar-refractivity contribution in [2.24, 2.45) is 11.7 Å². The molecule has 0 aromatic rings. The monoisotopic (exact) mass is 268 g/mol. The minimum absolute atomic E-state index is 0.00329. The van der Waals surface area contributed by atoms with Crippen molar-refractivity contribution < 1.29 is 9.90 Å². The molecule has 0 spiro atoms. The van der Waals surface area contributed by atoms with Crippen LogP contribution in [0.4, 0.5) is 0 Å². The third-order valence-corrected chi connectivity index (χ3v) is 4.93. The third-order valence-electron chi connectivity index (χ3n) is 4.93. The number of amides is 1. The normalized spacial score (nSPS) is 34.2. The quantitative estimate of drug-likeness (QED) is 0.726. The van der Waals surface area contributed by atoms with Crippen LogP contribution in [0.2, 0.25) is 0 Å². The molecular weight excluding hydrogens is 240 g/mol. The van der Waals surface area contributed by atoms with Crippen LogP contribution in [0.3, 0.4) is 0 Å². The van der Waals surface area contributed by atoms with E-state index in [0.717, 1.165) is 51.4 Å². The second-order valence-electron chi connectivity index (χ2n) is 6.93. The fraction of sp³-hybridized carbons (Fsp3) is 0.933. The van der Waals surface area contributed by atoms with Crippen LogP contribution in [0.1, 0.15) is 64.7 Å². The number of hydrogen-bond donors (Lipinski definition) is 3. The van der Waals surface area contributed by atoms with Gasteiger partial charge in [-0.25, -0.2) is 0 Å². The molecule has 1 amide bonds. The first-order valence-corrected chi connectivity index (χ1v) is 7.69. The summed E-state index contributed by atoms with van der Waals surface area (Å²) in [7, 11) is 0. The van der Waals surface area contributed by atoms with E-state index in [2.05, 4.69) is 12.2 Å². The lowest BCUT2D eigenvalue weighted by Crippen LogP contribution is -2.48. The van der Waals surface area contributed by atoms with Crippen LogP contribution in [0.25, 0.3) is 0 Å². The maximum absolute atomic E-state index is 12.0. The maximum Gasteiger partial charge on any atom is 0.221 e. The van der Waals surface area contributed by atoms with E-state index < -0.39 is 5.60 Å². The van der Waals surface area contributed by atoms with Gasteiger partial charge in [0.25, 0.3) is 0 Å². The molecule has 2 aliphatic rings. The lowest BCUT2D eigenvalue weighted by molar-refractivity contribution is -0.124. The SMILES string of the molecule is CC1CCC(O)(CNC(=O)CC2(N)CCCC2)CC1. The molecule has 0 bridgehead atoms. The Hall–Kier alpha value is -0.610. The summed E-state index contributed by atoms with van der Waals surface area (Å²) in [4.78, 5) is 12.0. The number of rotatable bonds is 4. The van der Waals surface area contributed by atoms with Crippen LogP contribution in [0.15, 0.2) is 0 Å². The zero-order valence-electron chi connectivity index (χ0n) is 12.1. The molecule has 0 aliphatic heterocycles. The molecule has 19 heavy (non-hydrogen) atoms. The van der Waals surface area contributed by atoms with Gasteiger partial charge in [0, 0.05) is 18.5 Å². The Bertz CT molecular complexity index is 316. The van der Waals surface area contributed by atoms with E-state index >= 15 is 0 Å². The predicted molar refractivity (Wildman–Crippen MR) is 75.6 cm³/mol. The van der Waals surface area contributed by atoms with Crippen molar-refractivity contribution in [1.29, 1.82) is 0 Å². The van der Waals surface area contributed by atoms with Gasteiger partial charge in [0.15, 0.2) is 0 Å². The zero-order chi connectivity index (χ0) is 13.9. The number of nitrogens with one attached hydrogen (secondary N) is 1. The molecule has 4 heteroatoms. The van der Waals surface area contributed by atoms with Gasteiger partial charge in [-0.15, -0.1) is 0 Å². The lowest BCUT2D eigenvalue weighted by Gasteiger charge is -2.35. The largest absolute Gasteiger partial charge is 0.388 e. The molecule has 2 fully saturated rings. The highest BCUT2D eigenvalue weighted by Crippen LogP contribution is 2.32. The van der Waals surface area contributed by atoms with Gasteiger partial charge in [0.1, 0.15) is 0 Å². The summed E-state index contributed by atoms with van der Waals surface area (Å²) < 4.78 is 0. The second kappa shape index (κ2) is 5.80. The van der Waals surface area contributed by atoms with E-state index in [1.807, 2.05) is 0 Å². The van der Waals surface area contributed by atoms with Gasteiger partial charge in [-0.05, 0) is 44.4 Å². The fourth-order valence-electron chi connectivity index (χ4n) is 3.38. The Morgan fingerprint density at radius 3 is 2.42 bits per heavy atom. The van der Waals surface area contributed by atoms with Gasteiger partial charge in [0.05, 0.1) is 5.60 Å². The Labute approximate surface area is 116 Å². The molecule has 0 aromatic carbocycles. The molecule has 2 saturated carbocycles. The molecule has 2 aliphatic carbocycles. The molecule has 0 unspecified atom stereocenters. The van der Waals surface area contributed by atoms with E-state index in [1.165, 1.54) is 0 Å². The predicted octanol–water partition coefficient (Wildman–Crippen LogP) is 1.71. The minimum Gasteiger partial charge on any atom is -0.388 e. The Morgan fingerprint density at radius 1 is 1.26 bits per heavy atom. The van der Waals surface area contributed by atoms with Gasteiger partial charge in [-0.1, -0.05) is 19.8 Å². The second-order valence-corrected chi connectivity index (χ2v) is 6.93. The summed E-state index contributed by atoms with van der Waals surface area (Å²) >= 11 is 0. The van der Waals surface area contributed by atoms with Crippen LogP contribution >= 0.6 is 0 Å². The topological polar surface area (TPSA) is 75.3 Å². The molecule has 4 N–H and O–H groups in total. The summed E-state index contributed by atoms with van der Waals surface area (Å²) in [5.41, 5.74) is 5.20. The van der Waals surface area contributed by atoms with Gasteiger partial charge in [-0.3, -0.25) is 4.79 Å². The molecule has 4 nitrogen and oxygen atoms in total. The molecule has 2 rings (SSSR count). The molecule has 0 aromatic heterocycles. The van der Waals surface area contributed by atoms with Gasteiger partial charge in [-0.2, -0.15) is 0 Å². The first-order chi connectivity index (χ1) is 8.91. The minimum atomic E-state index is -0.695. The smallest absolute Gasteiger partial charge is 0.221 e. The van der Waals surface area contributed by atoms with E-state index in [9.17, 15) is 9.90 Å². The summed E-state index contributed by atoms with van der Waals surface area (Å²) in [6.07, 6.45) is 8.24. The van der Waals surface area contributed by atoms with Crippen LogP contribution < -0.4 is 11.1 Å². The Morgan fingerprint density at radius 2 is 1.84 bits per heavy atom.